The molecular weight excluding hydrogens is 347 g/mol. The number of aromatic carboxylic acids is 1. The van der Waals surface area contributed by atoms with Crippen LogP contribution in [-0.4, -0.2) is 16.1 Å². The van der Waals surface area contributed by atoms with Crippen LogP contribution in [0.2, 0.25) is 0 Å². The average Bonchev–Trinajstić information content (AvgIpc) is 2.48. The SMILES string of the molecule is Cc1ccc2nc(C)cc(Nc3ccccc3C(=O)O)c2c1.Cl.Cl. The summed E-state index contributed by atoms with van der Waals surface area (Å²) in [6.07, 6.45) is 0. The van der Waals surface area contributed by atoms with Crippen molar-refractivity contribution in [3.63, 3.8) is 0 Å². The first-order chi connectivity index (χ1) is 10.5. The van der Waals surface area contributed by atoms with Crippen LogP contribution in [0, 0.1) is 13.8 Å². The van der Waals surface area contributed by atoms with E-state index in [1.165, 1.54) is 0 Å². The van der Waals surface area contributed by atoms with Crippen molar-refractivity contribution in [1.29, 1.82) is 0 Å². The summed E-state index contributed by atoms with van der Waals surface area (Å²) in [5, 5.41) is 13.5. The molecule has 2 N–H and O–H groups in total. The van der Waals surface area contributed by atoms with E-state index in [1.807, 2.05) is 44.2 Å². The van der Waals surface area contributed by atoms with Crippen LogP contribution in [-0.2, 0) is 0 Å². The van der Waals surface area contributed by atoms with E-state index < -0.39 is 5.97 Å². The number of hydrogen-bond acceptors (Lipinski definition) is 3. The molecular formula is C18H18Cl2N2O2. The normalized spacial score (nSPS) is 9.75. The molecule has 1 heterocycles. The van der Waals surface area contributed by atoms with Crippen molar-refractivity contribution in [1.82, 2.24) is 4.98 Å². The van der Waals surface area contributed by atoms with Gasteiger partial charge in [0.05, 0.1) is 16.8 Å². The van der Waals surface area contributed by atoms with Crippen molar-refractivity contribution in [3.05, 3.63) is 65.4 Å². The maximum absolute atomic E-state index is 11.3. The first kappa shape index (κ1) is 19.7. The van der Waals surface area contributed by atoms with Crippen LogP contribution in [0.3, 0.4) is 0 Å². The van der Waals surface area contributed by atoms with Crippen LogP contribution in [0.1, 0.15) is 21.6 Å². The molecule has 0 bridgehead atoms. The Balaban J connectivity index is 0.00000144. The second kappa shape index (κ2) is 7.99. The summed E-state index contributed by atoms with van der Waals surface area (Å²) in [5.74, 6) is -0.950. The predicted octanol–water partition coefficient (Wildman–Crippen LogP) is 5.14. The number of nitrogens with one attached hydrogen (secondary N) is 1. The van der Waals surface area contributed by atoms with Crippen molar-refractivity contribution in [2.45, 2.75) is 13.8 Å². The first-order valence-electron chi connectivity index (χ1n) is 7.02. The highest BCUT2D eigenvalue weighted by atomic mass is 35.5. The van der Waals surface area contributed by atoms with Crippen molar-refractivity contribution < 1.29 is 9.90 Å². The second-order valence-corrected chi connectivity index (χ2v) is 5.31. The highest BCUT2D eigenvalue weighted by molar-refractivity contribution is 5.98. The number of para-hydroxylation sites is 1. The van der Waals surface area contributed by atoms with Crippen molar-refractivity contribution in [2.75, 3.05) is 5.32 Å². The molecule has 126 valence electrons. The number of aryl methyl sites for hydroxylation is 2. The minimum absolute atomic E-state index is 0. The molecule has 3 rings (SSSR count). The number of carboxylic acid groups (broad SMARTS) is 1. The Kier molecular flexibility index (Phi) is 6.58. The van der Waals surface area contributed by atoms with Gasteiger partial charge >= 0.3 is 5.97 Å². The van der Waals surface area contributed by atoms with Gasteiger partial charge in [-0.15, -0.1) is 24.8 Å². The molecule has 0 saturated carbocycles. The van der Waals surface area contributed by atoms with Crippen molar-refractivity contribution >= 4 is 53.1 Å². The van der Waals surface area contributed by atoms with Gasteiger partial charge in [0.15, 0.2) is 0 Å². The monoisotopic (exact) mass is 364 g/mol. The quantitative estimate of drug-likeness (QED) is 0.675. The van der Waals surface area contributed by atoms with E-state index in [9.17, 15) is 9.90 Å². The third-order valence-corrected chi connectivity index (χ3v) is 3.52. The number of carbonyl (C=O) groups is 1. The zero-order chi connectivity index (χ0) is 15.7. The Labute approximate surface area is 152 Å². The fourth-order valence-corrected chi connectivity index (χ4v) is 2.50. The smallest absolute Gasteiger partial charge is 0.337 e. The number of rotatable bonds is 3. The fraction of sp³-hybridized carbons (Fsp3) is 0.111. The summed E-state index contributed by atoms with van der Waals surface area (Å²) in [6, 6.07) is 14.9. The average molecular weight is 365 g/mol. The Morgan fingerprint density at radius 2 is 1.71 bits per heavy atom. The number of pyridine rings is 1. The third kappa shape index (κ3) is 3.96. The van der Waals surface area contributed by atoms with E-state index in [0.717, 1.165) is 27.8 Å². The van der Waals surface area contributed by atoms with E-state index in [1.54, 1.807) is 18.2 Å². The second-order valence-electron chi connectivity index (χ2n) is 5.31. The van der Waals surface area contributed by atoms with E-state index in [0.29, 0.717) is 5.69 Å². The molecule has 0 amide bonds. The molecule has 4 nitrogen and oxygen atoms in total. The van der Waals surface area contributed by atoms with Crippen LogP contribution in [0.4, 0.5) is 11.4 Å². The molecule has 2 aromatic carbocycles. The number of aromatic nitrogens is 1. The zero-order valence-corrected chi connectivity index (χ0v) is 14.9. The summed E-state index contributed by atoms with van der Waals surface area (Å²) >= 11 is 0. The zero-order valence-electron chi connectivity index (χ0n) is 13.2. The van der Waals surface area contributed by atoms with Gasteiger partial charge < -0.3 is 10.4 Å². The molecule has 1 aromatic heterocycles. The minimum Gasteiger partial charge on any atom is -0.478 e. The van der Waals surface area contributed by atoms with Crippen LogP contribution in [0.15, 0.2) is 48.5 Å². The lowest BCUT2D eigenvalue weighted by molar-refractivity contribution is 0.0698. The van der Waals surface area contributed by atoms with E-state index in [4.69, 9.17) is 0 Å². The number of benzene rings is 2. The fourth-order valence-electron chi connectivity index (χ4n) is 2.50. The summed E-state index contributed by atoms with van der Waals surface area (Å²) in [5.41, 5.74) is 4.58. The first-order valence-corrected chi connectivity index (χ1v) is 7.02. The number of halogens is 2. The standard InChI is InChI=1S/C18H16N2O2.2ClH/c1-11-7-8-16-14(9-11)17(10-12(2)19-16)20-15-6-4-3-5-13(15)18(21)22;;/h3-10H,1-2H3,(H,19,20)(H,21,22);2*1H. The maximum Gasteiger partial charge on any atom is 0.337 e. The van der Waals surface area contributed by atoms with Gasteiger partial charge in [-0.2, -0.15) is 0 Å². The lowest BCUT2D eigenvalue weighted by Crippen LogP contribution is -2.03. The molecule has 0 atom stereocenters. The minimum atomic E-state index is -0.950. The van der Waals surface area contributed by atoms with Crippen molar-refractivity contribution in [2.24, 2.45) is 0 Å². The number of fused-ring (bicyclic) bond motifs is 1. The Bertz CT molecular complexity index is 882. The number of carboxylic acids is 1. The molecule has 0 aliphatic carbocycles. The number of anilines is 2. The highest BCUT2D eigenvalue weighted by Gasteiger charge is 2.11. The maximum atomic E-state index is 11.3. The largest absolute Gasteiger partial charge is 0.478 e. The number of nitrogens with zero attached hydrogens (tertiary/aromatic N) is 1. The highest BCUT2D eigenvalue weighted by Crippen LogP contribution is 2.28. The Morgan fingerprint density at radius 1 is 1.00 bits per heavy atom. The Hall–Kier alpha value is -2.30. The topological polar surface area (TPSA) is 62.2 Å². The molecule has 0 saturated heterocycles. The third-order valence-electron chi connectivity index (χ3n) is 3.52. The number of hydrogen-bond donors (Lipinski definition) is 2. The van der Waals surface area contributed by atoms with Crippen LogP contribution >= 0.6 is 24.8 Å². The van der Waals surface area contributed by atoms with Crippen LogP contribution < -0.4 is 5.32 Å². The molecule has 0 spiro atoms. The van der Waals surface area contributed by atoms with Gasteiger partial charge in [-0.3, -0.25) is 4.98 Å². The van der Waals surface area contributed by atoms with Crippen molar-refractivity contribution in [3.8, 4) is 0 Å². The summed E-state index contributed by atoms with van der Waals surface area (Å²) in [6.45, 7) is 3.95. The molecule has 0 aliphatic rings. The van der Waals surface area contributed by atoms with Crippen LogP contribution in [0.25, 0.3) is 10.9 Å². The van der Waals surface area contributed by atoms with Crippen LogP contribution in [0.5, 0.6) is 0 Å². The summed E-state index contributed by atoms with van der Waals surface area (Å²) in [7, 11) is 0. The van der Waals surface area contributed by atoms with Gasteiger partial charge in [-0.25, -0.2) is 4.79 Å². The lowest BCUT2D eigenvalue weighted by atomic mass is 10.1. The molecule has 3 aromatic rings. The molecule has 0 fully saturated rings. The molecule has 24 heavy (non-hydrogen) atoms. The predicted molar refractivity (Wildman–Crippen MR) is 102 cm³/mol. The van der Waals surface area contributed by atoms with Gasteiger partial charge in [0.2, 0.25) is 0 Å². The van der Waals surface area contributed by atoms with Gasteiger partial charge in [0.25, 0.3) is 0 Å². The van der Waals surface area contributed by atoms with Gasteiger partial charge in [0, 0.05) is 16.8 Å². The summed E-state index contributed by atoms with van der Waals surface area (Å²) in [4.78, 5) is 15.9. The van der Waals surface area contributed by atoms with Gasteiger partial charge in [-0.05, 0) is 44.2 Å². The summed E-state index contributed by atoms with van der Waals surface area (Å²) < 4.78 is 0. The Morgan fingerprint density at radius 3 is 2.42 bits per heavy atom. The van der Waals surface area contributed by atoms with E-state index in [-0.39, 0.29) is 30.4 Å². The van der Waals surface area contributed by atoms with E-state index >= 15 is 0 Å². The van der Waals surface area contributed by atoms with E-state index in [2.05, 4.69) is 10.3 Å². The lowest BCUT2D eigenvalue weighted by Gasteiger charge is -2.13. The van der Waals surface area contributed by atoms with Gasteiger partial charge in [-0.1, -0.05) is 23.8 Å². The molecule has 0 unspecified atom stereocenters. The van der Waals surface area contributed by atoms with Gasteiger partial charge in [0.1, 0.15) is 0 Å². The molecule has 0 radical (unpaired) electrons. The molecule has 0 aliphatic heterocycles. The molecule has 6 heteroatoms.